The predicted molar refractivity (Wildman–Crippen MR) is 111 cm³/mol. The highest BCUT2D eigenvalue weighted by atomic mass is 16.3. The first kappa shape index (κ1) is 17.7. The van der Waals surface area contributed by atoms with Gasteiger partial charge >= 0.3 is 0 Å². The topological polar surface area (TPSA) is 53.4 Å². The van der Waals surface area contributed by atoms with Crippen molar-refractivity contribution in [2.75, 3.05) is 0 Å². The van der Waals surface area contributed by atoms with Crippen LogP contribution in [0.25, 0.3) is 0 Å². The van der Waals surface area contributed by atoms with Crippen LogP contribution >= 0.6 is 0 Å². The van der Waals surface area contributed by atoms with E-state index in [-0.39, 0.29) is 5.92 Å². The lowest BCUT2D eigenvalue weighted by atomic mass is 9.40. The summed E-state index contributed by atoms with van der Waals surface area (Å²) in [6, 6.07) is 6.15. The van der Waals surface area contributed by atoms with Gasteiger partial charge in [0.25, 0.3) is 0 Å². The van der Waals surface area contributed by atoms with E-state index < -0.39 is 11.2 Å². The second kappa shape index (κ2) is 5.85. The highest BCUT2D eigenvalue weighted by Gasteiger charge is 2.69. The molecule has 0 saturated heterocycles. The molecule has 1 aromatic rings. The summed E-state index contributed by atoms with van der Waals surface area (Å²) in [5.41, 5.74) is -0.574. The Hall–Kier alpha value is -0.930. The molecule has 8 fully saturated rings. The fraction of sp³-hybridized carbons (Fsp3) is 0.808. The van der Waals surface area contributed by atoms with Gasteiger partial charge < -0.3 is 10.2 Å². The molecule has 0 spiro atoms. The van der Waals surface area contributed by atoms with Gasteiger partial charge in [0.15, 0.2) is 0 Å². The summed E-state index contributed by atoms with van der Waals surface area (Å²) in [6.07, 6.45) is 14.0. The lowest BCUT2D eigenvalue weighted by Crippen LogP contribution is -2.70. The molecular weight excluding hydrogens is 358 g/mol. The Labute approximate surface area is 174 Å². The van der Waals surface area contributed by atoms with Crippen molar-refractivity contribution in [1.82, 2.24) is 4.98 Å². The van der Waals surface area contributed by atoms with Gasteiger partial charge in [-0.15, -0.1) is 0 Å². The van der Waals surface area contributed by atoms with E-state index >= 15 is 0 Å². The summed E-state index contributed by atoms with van der Waals surface area (Å²) < 4.78 is 0. The van der Waals surface area contributed by atoms with Gasteiger partial charge in [0, 0.05) is 11.9 Å². The van der Waals surface area contributed by atoms with Crippen molar-refractivity contribution in [3.63, 3.8) is 0 Å². The third-order valence-electron chi connectivity index (χ3n) is 10.8. The lowest BCUT2D eigenvalue weighted by molar-refractivity contribution is -0.261. The van der Waals surface area contributed by atoms with E-state index in [4.69, 9.17) is 4.98 Å². The zero-order valence-electron chi connectivity index (χ0n) is 17.4. The van der Waals surface area contributed by atoms with E-state index in [1.807, 2.05) is 12.3 Å². The second-order valence-corrected chi connectivity index (χ2v) is 12.1. The molecule has 0 aromatic carbocycles. The Morgan fingerprint density at radius 2 is 1.07 bits per heavy atom. The highest BCUT2D eigenvalue weighted by molar-refractivity contribution is 5.29. The molecule has 0 aliphatic heterocycles. The molecule has 9 rings (SSSR count). The molecule has 0 atom stereocenters. The van der Waals surface area contributed by atoms with Crippen molar-refractivity contribution in [3.05, 3.63) is 30.1 Å². The molecule has 3 nitrogen and oxygen atoms in total. The molecule has 0 amide bonds. The number of rotatable bonds is 3. The SMILES string of the molecule is OC1(C(c2ccccn2)C2(O)C3CC4CC(C3)CC2C4)C2CC3CC(C2)CC1C3. The van der Waals surface area contributed by atoms with Gasteiger partial charge in [0.1, 0.15) is 0 Å². The van der Waals surface area contributed by atoms with Crippen molar-refractivity contribution in [2.45, 2.75) is 81.3 Å². The second-order valence-electron chi connectivity index (χ2n) is 12.1. The Bertz CT molecular complexity index is 700. The zero-order valence-corrected chi connectivity index (χ0v) is 17.4. The minimum Gasteiger partial charge on any atom is -0.388 e. The zero-order chi connectivity index (χ0) is 19.4. The van der Waals surface area contributed by atoms with Crippen LogP contribution in [0.15, 0.2) is 24.4 Å². The largest absolute Gasteiger partial charge is 0.388 e. The number of aliphatic hydroxyl groups is 2. The molecule has 156 valence electrons. The average Bonchev–Trinajstić information content (AvgIpc) is 2.70. The molecule has 8 bridgehead atoms. The van der Waals surface area contributed by atoms with E-state index in [1.54, 1.807) is 0 Å². The molecule has 3 heteroatoms. The molecule has 0 radical (unpaired) electrons. The van der Waals surface area contributed by atoms with Crippen molar-refractivity contribution < 1.29 is 10.2 Å². The van der Waals surface area contributed by atoms with Crippen LogP contribution in [-0.4, -0.2) is 26.4 Å². The summed E-state index contributed by atoms with van der Waals surface area (Å²) in [7, 11) is 0. The molecule has 0 unspecified atom stereocenters. The van der Waals surface area contributed by atoms with Crippen molar-refractivity contribution >= 4 is 0 Å². The number of nitrogens with zero attached hydrogens (tertiary/aromatic N) is 1. The van der Waals surface area contributed by atoms with Crippen LogP contribution in [0.1, 0.15) is 75.8 Å². The van der Waals surface area contributed by atoms with Crippen LogP contribution in [-0.2, 0) is 0 Å². The monoisotopic (exact) mass is 393 g/mol. The van der Waals surface area contributed by atoms with Crippen molar-refractivity contribution in [3.8, 4) is 0 Å². The standard InChI is InChI=1S/C26H35NO2/c28-25(19-7-15-5-16(9-19)10-20(25)8-15)24(23-3-1-2-4-27-23)26(29)21-11-17-6-18(13-21)14-22(26)12-17/h1-4,15-22,24,28-29H,5-14H2. The first-order chi connectivity index (χ1) is 14.0. The van der Waals surface area contributed by atoms with Gasteiger partial charge in [0.2, 0.25) is 0 Å². The number of hydrogen-bond donors (Lipinski definition) is 2. The minimum absolute atomic E-state index is 0.207. The summed E-state index contributed by atoms with van der Waals surface area (Å²) in [5.74, 6) is 4.47. The molecule has 8 saturated carbocycles. The van der Waals surface area contributed by atoms with E-state index in [0.29, 0.717) is 23.7 Å². The van der Waals surface area contributed by atoms with Crippen LogP contribution < -0.4 is 0 Å². The first-order valence-corrected chi connectivity index (χ1v) is 12.4. The molecule has 1 heterocycles. The van der Waals surface area contributed by atoms with E-state index in [1.165, 1.54) is 64.2 Å². The molecule has 29 heavy (non-hydrogen) atoms. The van der Waals surface area contributed by atoms with Gasteiger partial charge in [-0.05, 0) is 124 Å². The maximum atomic E-state index is 12.7. The van der Waals surface area contributed by atoms with Gasteiger partial charge in [-0.3, -0.25) is 4.98 Å². The molecular formula is C26H35NO2. The predicted octanol–water partition coefficient (Wildman–Crippen LogP) is 4.54. The first-order valence-electron chi connectivity index (χ1n) is 12.4. The Morgan fingerprint density at radius 3 is 1.41 bits per heavy atom. The third-order valence-corrected chi connectivity index (χ3v) is 10.8. The molecule has 8 aliphatic rings. The summed E-state index contributed by atoms with van der Waals surface area (Å²) in [5, 5.41) is 25.3. The van der Waals surface area contributed by atoms with E-state index in [2.05, 4.69) is 12.1 Å². The highest BCUT2D eigenvalue weighted by Crippen LogP contribution is 2.69. The Morgan fingerprint density at radius 1 is 0.655 bits per heavy atom. The van der Waals surface area contributed by atoms with Crippen LogP contribution in [0.4, 0.5) is 0 Å². The van der Waals surface area contributed by atoms with Crippen molar-refractivity contribution in [1.29, 1.82) is 0 Å². The lowest BCUT2D eigenvalue weighted by Gasteiger charge is -2.68. The molecule has 2 N–H and O–H groups in total. The third kappa shape index (κ3) is 2.24. The maximum absolute atomic E-state index is 12.7. The van der Waals surface area contributed by atoms with Gasteiger partial charge in [-0.25, -0.2) is 0 Å². The number of hydrogen-bond acceptors (Lipinski definition) is 3. The van der Waals surface area contributed by atoms with Crippen LogP contribution in [0.2, 0.25) is 0 Å². The Kier molecular flexibility index (Phi) is 3.58. The smallest absolute Gasteiger partial charge is 0.0815 e. The summed E-state index contributed by atoms with van der Waals surface area (Å²) in [4.78, 5) is 4.81. The van der Waals surface area contributed by atoms with Gasteiger partial charge in [0.05, 0.1) is 17.1 Å². The fourth-order valence-electron chi connectivity index (χ4n) is 10.2. The minimum atomic E-state index is -0.772. The number of pyridine rings is 1. The maximum Gasteiger partial charge on any atom is 0.0815 e. The van der Waals surface area contributed by atoms with Gasteiger partial charge in [-0.1, -0.05) is 6.07 Å². The summed E-state index contributed by atoms with van der Waals surface area (Å²) in [6.45, 7) is 0. The van der Waals surface area contributed by atoms with E-state index in [9.17, 15) is 10.2 Å². The fourth-order valence-corrected chi connectivity index (χ4v) is 10.2. The number of aromatic nitrogens is 1. The van der Waals surface area contributed by atoms with Gasteiger partial charge in [-0.2, -0.15) is 0 Å². The average molecular weight is 394 g/mol. The molecule has 1 aromatic heterocycles. The van der Waals surface area contributed by atoms with Crippen LogP contribution in [0.5, 0.6) is 0 Å². The van der Waals surface area contributed by atoms with Crippen LogP contribution in [0, 0.1) is 47.3 Å². The quantitative estimate of drug-likeness (QED) is 0.793. The van der Waals surface area contributed by atoms with Crippen LogP contribution in [0.3, 0.4) is 0 Å². The van der Waals surface area contributed by atoms with Crippen molar-refractivity contribution in [2.24, 2.45) is 47.3 Å². The normalized spacial score (nSPS) is 55.4. The Balaban J connectivity index is 1.38. The molecule has 8 aliphatic carbocycles. The summed E-state index contributed by atoms with van der Waals surface area (Å²) >= 11 is 0. The van der Waals surface area contributed by atoms with E-state index in [0.717, 1.165) is 29.4 Å².